The number of aromatic nitrogens is 1. The summed E-state index contributed by atoms with van der Waals surface area (Å²) in [6.07, 6.45) is -0.558. The summed E-state index contributed by atoms with van der Waals surface area (Å²) in [5.74, 6) is 0. The lowest BCUT2D eigenvalue weighted by Crippen LogP contribution is -2.49. The van der Waals surface area contributed by atoms with Crippen LogP contribution in [0, 0.1) is 0 Å². The number of piperazine rings is 1. The molecule has 1 saturated heterocycles. The van der Waals surface area contributed by atoms with Crippen molar-refractivity contribution < 1.29 is 5.11 Å². The highest BCUT2D eigenvalue weighted by atomic mass is 16.3. The Kier molecular flexibility index (Phi) is 3.92. The Bertz CT molecular complexity index is 864. The summed E-state index contributed by atoms with van der Waals surface area (Å²) in [5, 5.41) is 16.3. The Hall–Kier alpha value is -2.08. The molecule has 0 amide bonds. The minimum atomic E-state index is -0.473. The molecule has 4 rings (SSSR count). The molecule has 0 spiro atoms. The van der Waals surface area contributed by atoms with Gasteiger partial charge >= 0.3 is 0 Å². The van der Waals surface area contributed by atoms with E-state index >= 15 is 0 Å². The molecule has 5 nitrogen and oxygen atoms in total. The second kappa shape index (κ2) is 6.09. The summed E-state index contributed by atoms with van der Waals surface area (Å²) in [4.78, 5) is 2.36. The third-order valence-corrected chi connectivity index (χ3v) is 4.96. The van der Waals surface area contributed by atoms with Crippen molar-refractivity contribution in [3.63, 3.8) is 0 Å². The maximum Gasteiger partial charge on any atom is 0.113 e. The number of benzene rings is 2. The fourth-order valence-electron chi connectivity index (χ4n) is 3.94. The lowest BCUT2D eigenvalue weighted by Gasteiger charge is -2.38. The van der Waals surface area contributed by atoms with E-state index < -0.39 is 6.10 Å². The zero-order chi connectivity index (χ0) is 16.7. The predicted molar refractivity (Wildman–Crippen MR) is 99.0 cm³/mol. The number of hydrogen-bond donors (Lipinski definition) is 3. The van der Waals surface area contributed by atoms with Crippen LogP contribution >= 0.6 is 0 Å². The van der Waals surface area contributed by atoms with Gasteiger partial charge in [-0.25, -0.2) is 0 Å². The molecule has 0 saturated carbocycles. The van der Waals surface area contributed by atoms with Crippen LogP contribution in [0.15, 0.2) is 42.5 Å². The van der Waals surface area contributed by atoms with E-state index in [9.17, 15) is 5.11 Å². The van der Waals surface area contributed by atoms with Crippen molar-refractivity contribution in [2.24, 2.45) is 0 Å². The van der Waals surface area contributed by atoms with E-state index in [-0.39, 0.29) is 6.17 Å². The summed E-state index contributed by atoms with van der Waals surface area (Å²) in [6, 6.07) is 14.4. The normalized spacial score (nSPS) is 18.9. The van der Waals surface area contributed by atoms with Gasteiger partial charge in [0.25, 0.3) is 0 Å². The van der Waals surface area contributed by atoms with Crippen molar-refractivity contribution in [3.05, 3.63) is 42.5 Å². The van der Waals surface area contributed by atoms with Gasteiger partial charge in [0.1, 0.15) is 6.17 Å². The van der Waals surface area contributed by atoms with Gasteiger partial charge in [-0.15, -0.1) is 0 Å². The van der Waals surface area contributed by atoms with Crippen LogP contribution in [0.5, 0.6) is 0 Å². The molecule has 5 heteroatoms. The molecule has 3 aromatic rings. The van der Waals surface area contributed by atoms with Crippen LogP contribution in [0.1, 0.15) is 13.1 Å². The first-order valence-electron chi connectivity index (χ1n) is 8.58. The molecule has 0 bridgehead atoms. The van der Waals surface area contributed by atoms with Gasteiger partial charge in [-0.05, 0) is 31.2 Å². The number of nitrogens with two attached hydrogens (primary N) is 1. The first-order chi connectivity index (χ1) is 11.7. The molecule has 2 heterocycles. The third kappa shape index (κ3) is 2.45. The molecule has 2 atom stereocenters. The Morgan fingerprint density at radius 1 is 1.04 bits per heavy atom. The van der Waals surface area contributed by atoms with Gasteiger partial charge in [-0.1, -0.05) is 18.2 Å². The second-order valence-corrected chi connectivity index (χ2v) is 6.60. The van der Waals surface area contributed by atoms with Gasteiger partial charge in [0, 0.05) is 42.6 Å². The van der Waals surface area contributed by atoms with E-state index in [2.05, 4.69) is 45.1 Å². The highest BCUT2D eigenvalue weighted by molar-refractivity contribution is 6.09. The predicted octanol–water partition coefficient (Wildman–Crippen LogP) is 2.16. The van der Waals surface area contributed by atoms with Crippen molar-refractivity contribution in [2.75, 3.05) is 31.9 Å². The molecule has 24 heavy (non-hydrogen) atoms. The highest BCUT2D eigenvalue weighted by Crippen LogP contribution is 2.35. The van der Waals surface area contributed by atoms with E-state index in [4.69, 9.17) is 5.73 Å². The molecule has 2 aromatic carbocycles. The third-order valence-electron chi connectivity index (χ3n) is 4.96. The highest BCUT2D eigenvalue weighted by Gasteiger charge is 2.28. The van der Waals surface area contributed by atoms with Crippen LogP contribution in [0.4, 0.5) is 5.69 Å². The number of rotatable bonds is 3. The summed E-state index contributed by atoms with van der Waals surface area (Å²) in [7, 11) is 0. The molecular weight excluding hydrogens is 300 g/mol. The van der Waals surface area contributed by atoms with E-state index in [1.54, 1.807) is 0 Å². The SMILES string of the molecule is CC(O)C(N1CCNCC1)n1c2ccccc2c2cc(N)ccc21. The maximum absolute atomic E-state index is 10.6. The quantitative estimate of drug-likeness (QED) is 0.646. The zero-order valence-electron chi connectivity index (χ0n) is 13.9. The van der Waals surface area contributed by atoms with Gasteiger partial charge in [0.2, 0.25) is 0 Å². The number of nitrogen functional groups attached to an aromatic ring is 1. The molecular formula is C19H24N4O. The summed E-state index contributed by atoms with van der Waals surface area (Å²) < 4.78 is 2.28. The number of aliphatic hydroxyl groups is 1. The van der Waals surface area contributed by atoms with Crippen molar-refractivity contribution in [2.45, 2.75) is 19.2 Å². The fraction of sp³-hybridized carbons (Fsp3) is 0.368. The number of fused-ring (bicyclic) bond motifs is 3. The van der Waals surface area contributed by atoms with Crippen LogP contribution in [-0.2, 0) is 0 Å². The summed E-state index contributed by atoms with van der Waals surface area (Å²) >= 11 is 0. The van der Waals surface area contributed by atoms with Crippen LogP contribution in [-0.4, -0.2) is 46.9 Å². The van der Waals surface area contributed by atoms with Crippen molar-refractivity contribution in [3.8, 4) is 0 Å². The average molecular weight is 324 g/mol. The molecule has 2 unspecified atom stereocenters. The topological polar surface area (TPSA) is 66.5 Å². The Balaban J connectivity index is 1.98. The van der Waals surface area contributed by atoms with Crippen LogP contribution < -0.4 is 11.1 Å². The average Bonchev–Trinajstić information content (AvgIpc) is 2.90. The Morgan fingerprint density at radius 2 is 1.75 bits per heavy atom. The van der Waals surface area contributed by atoms with Gasteiger partial charge in [0.15, 0.2) is 0 Å². The molecule has 126 valence electrons. The van der Waals surface area contributed by atoms with E-state index in [1.165, 1.54) is 5.39 Å². The fourth-order valence-corrected chi connectivity index (χ4v) is 3.94. The minimum absolute atomic E-state index is 0.0851. The van der Waals surface area contributed by atoms with Gasteiger partial charge in [-0.2, -0.15) is 0 Å². The van der Waals surface area contributed by atoms with Crippen LogP contribution in [0.3, 0.4) is 0 Å². The van der Waals surface area contributed by atoms with Crippen molar-refractivity contribution >= 4 is 27.5 Å². The largest absolute Gasteiger partial charge is 0.399 e. The monoisotopic (exact) mass is 324 g/mol. The molecule has 1 aliphatic heterocycles. The first-order valence-corrected chi connectivity index (χ1v) is 8.58. The summed E-state index contributed by atoms with van der Waals surface area (Å²) in [5.41, 5.74) is 9.05. The Labute approximate surface area is 141 Å². The number of nitrogens with zero attached hydrogens (tertiary/aromatic N) is 2. The molecule has 0 radical (unpaired) electrons. The minimum Gasteiger partial charge on any atom is -0.399 e. The van der Waals surface area contributed by atoms with Crippen LogP contribution in [0.2, 0.25) is 0 Å². The van der Waals surface area contributed by atoms with Gasteiger partial charge in [-0.3, -0.25) is 4.90 Å². The number of aliphatic hydroxyl groups excluding tert-OH is 1. The standard InChI is InChI=1S/C19H24N4O/c1-13(24)19(22-10-8-21-9-11-22)23-17-5-3-2-4-15(17)16-12-14(20)6-7-18(16)23/h2-7,12-13,19,21,24H,8-11,20H2,1H3. The molecule has 1 aromatic heterocycles. The maximum atomic E-state index is 10.6. The number of nitrogens with one attached hydrogen (secondary N) is 1. The molecule has 0 aliphatic carbocycles. The number of para-hydroxylation sites is 1. The summed E-state index contributed by atoms with van der Waals surface area (Å²) in [6.45, 7) is 5.64. The van der Waals surface area contributed by atoms with Gasteiger partial charge < -0.3 is 20.7 Å². The van der Waals surface area contributed by atoms with Crippen molar-refractivity contribution in [1.29, 1.82) is 0 Å². The molecule has 1 fully saturated rings. The van der Waals surface area contributed by atoms with E-state index in [0.717, 1.165) is 48.3 Å². The van der Waals surface area contributed by atoms with E-state index in [1.807, 2.05) is 19.1 Å². The van der Waals surface area contributed by atoms with E-state index in [0.29, 0.717) is 0 Å². The molecule has 1 aliphatic rings. The second-order valence-electron chi connectivity index (χ2n) is 6.60. The lowest BCUT2D eigenvalue weighted by atomic mass is 10.1. The number of anilines is 1. The molecule has 4 N–H and O–H groups in total. The number of hydrogen-bond acceptors (Lipinski definition) is 4. The lowest BCUT2D eigenvalue weighted by molar-refractivity contribution is 0.0160. The van der Waals surface area contributed by atoms with Gasteiger partial charge in [0.05, 0.1) is 17.1 Å². The van der Waals surface area contributed by atoms with Crippen molar-refractivity contribution in [1.82, 2.24) is 14.8 Å². The first kappa shape index (κ1) is 15.4. The Morgan fingerprint density at radius 3 is 2.50 bits per heavy atom. The zero-order valence-corrected chi connectivity index (χ0v) is 13.9. The smallest absolute Gasteiger partial charge is 0.113 e. The van der Waals surface area contributed by atoms with Crippen LogP contribution in [0.25, 0.3) is 21.8 Å².